The Kier molecular flexibility index (Phi) is 3.79. The van der Waals surface area contributed by atoms with Crippen molar-refractivity contribution in [1.29, 1.82) is 0 Å². The summed E-state index contributed by atoms with van der Waals surface area (Å²) in [5, 5.41) is 0. The highest BCUT2D eigenvalue weighted by Gasteiger charge is 2.32. The molecule has 3 heteroatoms. The van der Waals surface area contributed by atoms with Crippen LogP contribution in [0.3, 0.4) is 0 Å². The van der Waals surface area contributed by atoms with Gasteiger partial charge >= 0.3 is 0 Å². The first-order valence-corrected chi connectivity index (χ1v) is 6.33. The molecule has 0 spiro atoms. The van der Waals surface area contributed by atoms with E-state index < -0.39 is 0 Å². The van der Waals surface area contributed by atoms with E-state index in [1.165, 1.54) is 12.5 Å². The lowest BCUT2D eigenvalue weighted by Gasteiger charge is -2.31. The van der Waals surface area contributed by atoms with Gasteiger partial charge in [-0.15, -0.1) is 0 Å². The molecule has 1 fully saturated rings. The molecule has 94 valence electrons. The van der Waals surface area contributed by atoms with Gasteiger partial charge in [0.1, 0.15) is 5.82 Å². The first-order valence-electron chi connectivity index (χ1n) is 6.33. The average Bonchev–Trinajstić information content (AvgIpc) is 2.62. The second kappa shape index (κ2) is 5.15. The summed E-state index contributed by atoms with van der Waals surface area (Å²) in [6.45, 7) is 5.92. The Bertz CT molecular complexity index is 380. The molecule has 1 aliphatic heterocycles. The number of halogens is 1. The normalized spacial score (nSPS) is 27.3. The van der Waals surface area contributed by atoms with Crippen LogP contribution in [-0.4, -0.2) is 24.0 Å². The molecule has 1 aromatic carbocycles. The van der Waals surface area contributed by atoms with Crippen LogP contribution < -0.4 is 5.73 Å². The molecule has 0 amide bonds. The predicted octanol–water partition coefficient (Wildman–Crippen LogP) is 2.56. The highest BCUT2D eigenvalue weighted by molar-refractivity contribution is 5.22. The summed E-state index contributed by atoms with van der Waals surface area (Å²) >= 11 is 0. The van der Waals surface area contributed by atoms with Gasteiger partial charge in [0, 0.05) is 24.7 Å². The summed E-state index contributed by atoms with van der Waals surface area (Å²) in [5.41, 5.74) is 6.59. The number of hydrogen-bond acceptors (Lipinski definition) is 2. The monoisotopic (exact) mass is 236 g/mol. The zero-order valence-electron chi connectivity index (χ0n) is 10.6. The Hall–Kier alpha value is -0.930. The van der Waals surface area contributed by atoms with E-state index >= 15 is 0 Å². The molecule has 17 heavy (non-hydrogen) atoms. The lowest BCUT2D eigenvalue weighted by Crippen LogP contribution is -2.36. The van der Waals surface area contributed by atoms with E-state index in [1.807, 2.05) is 12.1 Å². The molecule has 0 saturated carbocycles. The van der Waals surface area contributed by atoms with Gasteiger partial charge in [0.2, 0.25) is 0 Å². The fourth-order valence-electron chi connectivity index (χ4n) is 2.95. The highest BCUT2D eigenvalue weighted by atomic mass is 19.1. The molecule has 1 aromatic rings. The van der Waals surface area contributed by atoms with Crippen molar-refractivity contribution in [3.05, 3.63) is 35.6 Å². The number of nitrogens with two attached hydrogens (primary N) is 1. The quantitative estimate of drug-likeness (QED) is 0.874. The minimum atomic E-state index is -0.144. The molecule has 1 aliphatic rings. The van der Waals surface area contributed by atoms with E-state index in [0.29, 0.717) is 18.5 Å². The Labute approximate surface area is 103 Å². The molecule has 0 aliphatic carbocycles. The molecular formula is C14H21FN2. The van der Waals surface area contributed by atoms with Crippen LogP contribution in [0, 0.1) is 11.7 Å². The number of nitrogens with zero attached hydrogens (tertiary/aromatic N) is 1. The smallest absolute Gasteiger partial charge is 0.128 e. The van der Waals surface area contributed by atoms with Crippen molar-refractivity contribution in [1.82, 2.24) is 4.90 Å². The van der Waals surface area contributed by atoms with Crippen molar-refractivity contribution in [3.8, 4) is 0 Å². The zero-order valence-corrected chi connectivity index (χ0v) is 10.6. The Morgan fingerprint density at radius 3 is 2.65 bits per heavy atom. The molecule has 0 bridgehead atoms. The number of likely N-dealkylation sites (tertiary alicyclic amines) is 1. The topological polar surface area (TPSA) is 29.3 Å². The van der Waals surface area contributed by atoms with Crippen molar-refractivity contribution < 1.29 is 4.39 Å². The summed E-state index contributed by atoms with van der Waals surface area (Å²) in [5.74, 6) is 0.528. The molecule has 3 unspecified atom stereocenters. The lowest BCUT2D eigenvalue weighted by molar-refractivity contribution is 0.188. The second-order valence-corrected chi connectivity index (χ2v) is 5.16. The Morgan fingerprint density at radius 1 is 1.41 bits per heavy atom. The van der Waals surface area contributed by atoms with Gasteiger partial charge in [0.25, 0.3) is 0 Å². The third kappa shape index (κ3) is 2.50. The van der Waals surface area contributed by atoms with E-state index in [0.717, 1.165) is 12.1 Å². The van der Waals surface area contributed by atoms with Gasteiger partial charge in [-0.05, 0) is 25.3 Å². The minimum absolute atomic E-state index is 0.0103. The van der Waals surface area contributed by atoms with Crippen LogP contribution in [0.1, 0.15) is 31.9 Å². The SMILES string of the molecule is CC1CC(C)N(C(CN)c2ccccc2F)C1. The maximum Gasteiger partial charge on any atom is 0.128 e. The largest absolute Gasteiger partial charge is 0.329 e. The maximum atomic E-state index is 13.8. The number of benzene rings is 1. The third-order valence-corrected chi connectivity index (χ3v) is 3.72. The van der Waals surface area contributed by atoms with Gasteiger partial charge in [-0.2, -0.15) is 0 Å². The Balaban J connectivity index is 2.25. The van der Waals surface area contributed by atoms with Crippen LogP contribution in [0.15, 0.2) is 24.3 Å². The molecule has 3 atom stereocenters. The molecule has 0 radical (unpaired) electrons. The van der Waals surface area contributed by atoms with Gasteiger partial charge in [-0.25, -0.2) is 4.39 Å². The van der Waals surface area contributed by atoms with Crippen molar-refractivity contribution in [3.63, 3.8) is 0 Å². The van der Waals surface area contributed by atoms with Gasteiger partial charge in [0.05, 0.1) is 6.04 Å². The van der Waals surface area contributed by atoms with Crippen LogP contribution in [0.4, 0.5) is 4.39 Å². The maximum absolute atomic E-state index is 13.8. The van der Waals surface area contributed by atoms with Gasteiger partial charge in [-0.1, -0.05) is 25.1 Å². The van der Waals surface area contributed by atoms with Crippen molar-refractivity contribution in [2.24, 2.45) is 11.7 Å². The Morgan fingerprint density at radius 2 is 2.12 bits per heavy atom. The molecule has 2 N–H and O–H groups in total. The van der Waals surface area contributed by atoms with Crippen LogP contribution >= 0.6 is 0 Å². The van der Waals surface area contributed by atoms with Crippen LogP contribution in [-0.2, 0) is 0 Å². The zero-order chi connectivity index (χ0) is 12.4. The fraction of sp³-hybridized carbons (Fsp3) is 0.571. The molecule has 2 rings (SSSR count). The van der Waals surface area contributed by atoms with E-state index in [2.05, 4.69) is 18.7 Å². The highest BCUT2D eigenvalue weighted by Crippen LogP contribution is 2.32. The van der Waals surface area contributed by atoms with Crippen molar-refractivity contribution in [2.75, 3.05) is 13.1 Å². The van der Waals surface area contributed by atoms with Crippen molar-refractivity contribution in [2.45, 2.75) is 32.4 Å². The number of hydrogen-bond donors (Lipinski definition) is 1. The second-order valence-electron chi connectivity index (χ2n) is 5.16. The van der Waals surface area contributed by atoms with Gasteiger partial charge in [-0.3, -0.25) is 4.90 Å². The summed E-state index contributed by atoms with van der Waals surface area (Å²) in [6.07, 6.45) is 1.17. The van der Waals surface area contributed by atoms with Crippen LogP contribution in [0.5, 0.6) is 0 Å². The number of rotatable bonds is 3. The summed E-state index contributed by atoms with van der Waals surface area (Å²) in [6, 6.07) is 7.47. The van der Waals surface area contributed by atoms with Gasteiger partial charge in [0.15, 0.2) is 0 Å². The fourth-order valence-corrected chi connectivity index (χ4v) is 2.95. The molecule has 2 nitrogen and oxygen atoms in total. The van der Waals surface area contributed by atoms with E-state index in [-0.39, 0.29) is 11.9 Å². The third-order valence-electron chi connectivity index (χ3n) is 3.72. The predicted molar refractivity (Wildman–Crippen MR) is 68.1 cm³/mol. The molecular weight excluding hydrogens is 215 g/mol. The van der Waals surface area contributed by atoms with Crippen molar-refractivity contribution >= 4 is 0 Å². The summed E-state index contributed by atoms with van der Waals surface area (Å²) in [7, 11) is 0. The van der Waals surface area contributed by atoms with E-state index in [1.54, 1.807) is 6.07 Å². The first-order chi connectivity index (χ1) is 8.13. The van der Waals surface area contributed by atoms with E-state index in [4.69, 9.17) is 5.73 Å². The summed E-state index contributed by atoms with van der Waals surface area (Å²) < 4.78 is 13.8. The van der Waals surface area contributed by atoms with Crippen LogP contribution in [0.2, 0.25) is 0 Å². The molecule has 1 saturated heterocycles. The minimum Gasteiger partial charge on any atom is -0.329 e. The molecule has 0 aromatic heterocycles. The molecule has 1 heterocycles. The standard InChI is InChI=1S/C14H21FN2/c1-10-7-11(2)17(9-10)14(8-16)12-5-3-4-6-13(12)15/h3-6,10-11,14H,7-9,16H2,1-2H3. The summed E-state index contributed by atoms with van der Waals surface area (Å²) in [4.78, 5) is 2.34. The van der Waals surface area contributed by atoms with Gasteiger partial charge < -0.3 is 5.73 Å². The lowest BCUT2D eigenvalue weighted by atomic mass is 10.0. The van der Waals surface area contributed by atoms with E-state index in [9.17, 15) is 4.39 Å². The first kappa shape index (κ1) is 12.5. The average molecular weight is 236 g/mol. The van der Waals surface area contributed by atoms with Crippen LogP contribution in [0.25, 0.3) is 0 Å².